The van der Waals surface area contributed by atoms with Crippen molar-refractivity contribution in [2.75, 3.05) is 4.90 Å². The van der Waals surface area contributed by atoms with Crippen LogP contribution in [0.5, 0.6) is 0 Å². The second kappa shape index (κ2) is 5.85. The number of nitrogens with zero attached hydrogens (tertiary/aromatic N) is 3. The maximum Gasteiger partial charge on any atom is 0.278 e. The topological polar surface area (TPSA) is 119 Å². The van der Waals surface area contributed by atoms with Gasteiger partial charge in [-0.15, -0.1) is 11.3 Å². The zero-order chi connectivity index (χ0) is 18.4. The number of imide groups is 1. The third-order valence-corrected chi connectivity index (χ3v) is 4.98. The van der Waals surface area contributed by atoms with Crippen LogP contribution in [0.3, 0.4) is 0 Å². The fraction of sp³-hybridized carbons (Fsp3) is 0.125. The Labute approximate surface area is 149 Å². The normalized spacial score (nSPS) is 21.4. The van der Waals surface area contributed by atoms with Crippen LogP contribution in [0.1, 0.15) is 9.67 Å². The van der Waals surface area contributed by atoms with Crippen LogP contribution in [-0.2, 0) is 14.4 Å². The summed E-state index contributed by atoms with van der Waals surface area (Å²) in [6.07, 6.45) is -1.20. The van der Waals surface area contributed by atoms with E-state index in [1.807, 2.05) is 0 Å². The Balaban J connectivity index is 1.64. The molecule has 0 unspecified atom stereocenters. The van der Waals surface area contributed by atoms with Gasteiger partial charge in [-0.1, -0.05) is 11.2 Å². The quantitative estimate of drug-likeness (QED) is 0.350. The highest BCUT2D eigenvalue weighted by atomic mass is 32.1. The van der Waals surface area contributed by atoms with Crippen molar-refractivity contribution in [2.45, 2.75) is 6.10 Å². The molecule has 9 nitrogen and oxygen atoms in total. The maximum atomic E-state index is 12.8. The van der Waals surface area contributed by atoms with Crippen LogP contribution >= 0.6 is 11.3 Å². The van der Waals surface area contributed by atoms with Gasteiger partial charge < -0.3 is 4.84 Å². The van der Waals surface area contributed by atoms with E-state index in [0.717, 1.165) is 4.90 Å². The fourth-order valence-electron chi connectivity index (χ4n) is 2.88. The van der Waals surface area contributed by atoms with E-state index < -0.39 is 34.5 Å². The molecule has 4 rings (SSSR count). The number of thiophene rings is 1. The summed E-state index contributed by atoms with van der Waals surface area (Å²) in [5.74, 6) is -2.88. The van der Waals surface area contributed by atoms with Crippen molar-refractivity contribution in [3.05, 3.63) is 56.8 Å². The Morgan fingerprint density at radius 1 is 1.19 bits per heavy atom. The van der Waals surface area contributed by atoms with E-state index in [-0.39, 0.29) is 17.1 Å². The third kappa shape index (κ3) is 2.30. The smallest absolute Gasteiger partial charge is 0.278 e. The van der Waals surface area contributed by atoms with Gasteiger partial charge >= 0.3 is 0 Å². The third-order valence-electron chi connectivity index (χ3n) is 4.11. The predicted octanol–water partition coefficient (Wildman–Crippen LogP) is 1.78. The van der Waals surface area contributed by atoms with Crippen LogP contribution in [0.4, 0.5) is 11.4 Å². The SMILES string of the molecule is O=C(C1=NO[C@H]2C(=O)N(c3ccc([N+](=O)[O-])cc3)C(=O)[C@@H]12)c1cccs1. The van der Waals surface area contributed by atoms with Crippen LogP contribution in [-0.4, -0.2) is 34.3 Å². The van der Waals surface area contributed by atoms with Crippen molar-refractivity contribution >= 4 is 46.0 Å². The first kappa shape index (κ1) is 16.1. The molecule has 0 N–H and O–H groups in total. The number of benzene rings is 1. The number of nitro groups is 1. The molecule has 0 radical (unpaired) electrons. The number of fused-ring (bicyclic) bond motifs is 1. The van der Waals surface area contributed by atoms with E-state index in [1.54, 1.807) is 17.5 Å². The highest BCUT2D eigenvalue weighted by molar-refractivity contribution is 7.13. The number of rotatable bonds is 4. The highest BCUT2D eigenvalue weighted by Crippen LogP contribution is 2.35. The first-order valence-electron chi connectivity index (χ1n) is 7.43. The Morgan fingerprint density at radius 2 is 1.92 bits per heavy atom. The van der Waals surface area contributed by atoms with Crippen molar-refractivity contribution in [2.24, 2.45) is 11.1 Å². The first-order chi connectivity index (χ1) is 12.5. The summed E-state index contributed by atoms with van der Waals surface area (Å²) in [6.45, 7) is 0. The predicted molar refractivity (Wildman–Crippen MR) is 90.0 cm³/mol. The number of oxime groups is 1. The molecule has 0 aliphatic carbocycles. The van der Waals surface area contributed by atoms with Crippen molar-refractivity contribution in [3.8, 4) is 0 Å². The molecule has 130 valence electrons. The molecule has 3 heterocycles. The van der Waals surface area contributed by atoms with E-state index in [2.05, 4.69) is 5.16 Å². The summed E-state index contributed by atoms with van der Waals surface area (Å²) in [6, 6.07) is 8.27. The molecule has 1 aromatic heterocycles. The Bertz CT molecular complexity index is 966. The van der Waals surface area contributed by atoms with Gasteiger partial charge in [-0.25, -0.2) is 4.90 Å². The summed E-state index contributed by atoms with van der Waals surface area (Å²) in [7, 11) is 0. The number of nitro benzene ring substituents is 1. The minimum absolute atomic E-state index is 0.111. The van der Waals surface area contributed by atoms with Gasteiger partial charge in [0.25, 0.3) is 11.6 Å². The minimum Gasteiger partial charge on any atom is -0.381 e. The lowest BCUT2D eigenvalue weighted by molar-refractivity contribution is -0.384. The van der Waals surface area contributed by atoms with Crippen molar-refractivity contribution < 1.29 is 24.1 Å². The summed E-state index contributed by atoms with van der Waals surface area (Å²) >= 11 is 1.20. The number of carbonyl (C=O) groups excluding carboxylic acids is 3. The molecule has 10 heteroatoms. The van der Waals surface area contributed by atoms with Gasteiger partial charge in [0.15, 0.2) is 0 Å². The monoisotopic (exact) mass is 371 g/mol. The van der Waals surface area contributed by atoms with Crippen molar-refractivity contribution in [1.29, 1.82) is 0 Å². The number of anilines is 1. The van der Waals surface area contributed by atoms with Crippen LogP contribution in [0, 0.1) is 16.0 Å². The number of non-ortho nitro benzene ring substituents is 1. The zero-order valence-electron chi connectivity index (χ0n) is 12.9. The van der Waals surface area contributed by atoms with E-state index in [9.17, 15) is 24.5 Å². The fourth-order valence-corrected chi connectivity index (χ4v) is 3.55. The van der Waals surface area contributed by atoms with Crippen LogP contribution in [0.15, 0.2) is 46.9 Å². The van der Waals surface area contributed by atoms with E-state index in [1.165, 1.54) is 35.6 Å². The summed E-state index contributed by atoms with van der Waals surface area (Å²) in [5.41, 5.74) is -0.105. The maximum absolute atomic E-state index is 12.8. The van der Waals surface area contributed by atoms with Gasteiger partial charge in [0.1, 0.15) is 11.6 Å². The van der Waals surface area contributed by atoms with Gasteiger partial charge in [-0.2, -0.15) is 0 Å². The summed E-state index contributed by atoms with van der Waals surface area (Å²) in [4.78, 5) is 54.3. The van der Waals surface area contributed by atoms with Gasteiger partial charge in [0.05, 0.1) is 15.5 Å². The Morgan fingerprint density at radius 3 is 2.54 bits per heavy atom. The molecular weight excluding hydrogens is 362 g/mol. The Kier molecular flexibility index (Phi) is 3.62. The molecule has 1 fully saturated rings. The zero-order valence-corrected chi connectivity index (χ0v) is 13.7. The summed E-state index contributed by atoms with van der Waals surface area (Å²) in [5, 5.41) is 16.1. The highest BCUT2D eigenvalue weighted by Gasteiger charge is 2.57. The van der Waals surface area contributed by atoms with E-state index in [4.69, 9.17) is 4.84 Å². The van der Waals surface area contributed by atoms with Gasteiger partial charge in [-0.05, 0) is 23.6 Å². The standard InChI is InChI=1S/C16H9N3O6S/c20-13(10-2-1-7-26-10)12-11-14(25-17-12)16(22)18(15(11)21)8-3-5-9(6-4-8)19(23)24/h1-7,11,14H/t11-,14+/m0/s1. The molecule has 2 aromatic rings. The van der Waals surface area contributed by atoms with Crippen molar-refractivity contribution in [3.63, 3.8) is 0 Å². The van der Waals surface area contributed by atoms with Crippen LogP contribution in [0.2, 0.25) is 0 Å². The van der Waals surface area contributed by atoms with Crippen LogP contribution < -0.4 is 4.90 Å². The average molecular weight is 371 g/mol. The van der Waals surface area contributed by atoms with Crippen LogP contribution in [0.25, 0.3) is 0 Å². The number of carbonyl (C=O) groups is 3. The number of ketones is 1. The second-order valence-electron chi connectivity index (χ2n) is 5.57. The lowest BCUT2D eigenvalue weighted by atomic mass is 9.96. The number of hydrogen-bond acceptors (Lipinski definition) is 8. The van der Waals surface area contributed by atoms with Gasteiger partial charge in [-0.3, -0.25) is 24.5 Å². The van der Waals surface area contributed by atoms with Gasteiger partial charge in [0.2, 0.25) is 17.8 Å². The number of Topliss-reactive ketones (excluding diaryl/α,β-unsaturated/α-hetero) is 1. The molecule has 0 saturated carbocycles. The summed E-state index contributed by atoms with van der Waals surface area (Å²) < 4.78 is 0. The molecule has 0 spiro atoms. The average Bonchev–Trinajstić information content (AvgIpc) is 3.35. The lowest BCUT2D eigenvalue weighted by Gasteiger charge is -2.14. The molecule has 2 atom stereocenters. The molecule has 0 bridgehead atoms. The van der Waals surface area contributed by atoms with Crippen molar-refractivity contribution in [1.82, 2.24) is 0 Å². The Hall–Kier alpha value is -3.40. The molecule has 2 aliphatic heterocycles. The number of hydrogen-bond donors (Lipinski definition) is 0. The molecule has 26 heavy (non-hydrogen) atoms. The molecule has 2 aliphatic rings. The first-order valence-corrected chi connectivity index (χ1v) is 8.31. The molecule has 2 amide bonds. The second-order valence-corrected chi connectivity index (χ2v) is 6.52. The lowest BCUT2D eigenvalue weighted by Crippen LogP contribution is -2.34. The van der Waals surface area contributed by atoms with Gasteiger partial charge in [0, 0.05) is 12.1 Å². The minimum atomic E-state index is -1.20. The molecule has 1 saturated heterocycles. The number of amides is 2. The van der Waals surface area contributed by atoms with E-state index in [0.29, 0.717) is 4.88 Å². The largest absolute Gasteiger partial charge is 0.381 e. The molecular formula is C16H9N3O6S. The van der Waals surface area contributed by atoms with E-state index >= 15 is 0 Å². The molecule has 1 aromatic carbocycles.